The molecule has 3 fully saturated rings. The summed E-state index contributed by atoms with van der Waals surface area (Å²) in [5, 5.41) is 79.6. The van der Waals surface area contributed by atoms with Crippen LogP contribution in [0.5, 0.6) is 0 Å². The first-order valence-corrected chi connectivity index (χ1v) is 15.0. The summed E-state index contributed by atoms with van der Waals surface area (Å²) in [7, 11) is 0. The maximum atomic E-state index is 12.7. The van der Waals surface area contributed by atoms with E-state index in [9.17, 15) is 40.6 Å². The van der Waals surface area contributed by atoms with Gasteiger partial charge in [-0.1, -0.05) is 0 Å². The van der Waals surface area contributed by atoms with Crippen LogP contribution in [0.1, 0.15) is 19.3 Å². The van der Waals surface area contributed by atoms with Gasteiger partial charge in [-0.2, -0.15) is 0 Å². The van der Waals surface area contributed by atoms with Gasteiger partial charge >= 0.3 is 6.03 Å². The molecular weight excluding hydrogens is 588 g/mol. The van der Waals surface area contributed by atoms with Crippen molar-refractivity contribution in [3.8, 4) is 0 Å². The summed E-state index contributed by atoms with van der Waals surface area (Å²) in [5.41, 5.74) is 29.4. The van der Waals surface area contributed by atoms with E-state index < -0.39 is 104 Å². The van der Waals surface area contributed by atoms with Gasteiger partial charge in [0.15, 0.2) is 6.29 Å². The highest BCUT2D eigenvalue weighted by Crippen LogP contribution is 2.37. The third-order valence-electron chi connectivity index (χ3n) is 8.64. The molecular formula is C25H52N8O11. The van der Waals surface area contributed by atoms with Gasteiger partial charge in [-0.25, -0.2) is 9.86 Å². The maximum absolute atomic E-state index is 12.7. The molecule has 0 aromatic rings. The Bertz CT molecular complexity index is 884. The normalized spacial score (nSPS) is 42.1. The number of carbonyl (C=O) groups is 1. The van der Waals surface area contributed by atoms with Crippen LogP contribution >= 0.6 is 0 Å². The number of urea groups is 1. The van der Waals surface area contributed by atoms with Crippen LogP contribution in [0.3, 0.4) is 0 Å². The molecule has 19 N–H and O–H groups in total. The van der Waals surface area contributed by atoms with E-state index in [-0.39, 0.29) is 45.6 Å². The first kappa shape index (κ1) is 37.1. The number of rotatable bonds is 13. The van der Waals surface area contributed by atoms with Crippen LogP contribution in [-0.4, -0.2) is 172 Å². The van der Waals surface area contributed by atoms with Crippen molar-refractivity contribution in [2.75, 3.05) is 39.3 Å². The average molecular weight is 641 g/mol. The van der Waals surface area contributed by atoms with Crippen molar-refractivity contribution in [1.82, 2.24) is 15.7 Å². The van der Waals surface area contributed by atoms with Gasteiger partial charge in [-0.15, -0.1) is 0 Å². The number of aliphatic hydroxyl groups excluding tert-OH is 6. The number of hydroxylamine groups is 2. The van der Waals surface area contributed by atoms with E-state index in [0.717, 1.165) is 0 Å². The predicted octanol–water partition coefficient (Wildman–Crippen LogP) is -7.28. The van der Waals surface area contributed by atoms with E-state index in [4.69, 9.17) is 42.9 Å². The molecule has 2 saturated heterocycles. The molecule has 19 nitrogen and oxygen atoms in total. The first-order chi connectivity index (χ1) is 20.9. The fourth-order valence-electron chi connectivity index (χ4n) is 6.18. The number of aliphatic hydroxyl groups is 6. The molecule has 0 spiro atoms. The van der Waals surface area contributed by atoms with E-state index in [1.165, 1.54) is 0 Å². The van der Waals surface area contributed by atoms with Crippen LogP contribution in [0, 0.1) is 5.92 Å². The predicted molar refractivity (Wildman–Crippen MR) is 152 cm³/mol. The molecule has 2 heterocycles. The quantitative estimate of drug-likeness (QED) is 0.0656. The lowest BCUT2D eigenvalue weighted by atomic mass is 9.71. The van der Waals surface area contributed by atoms with Gasteiger partial charge < -0.3 is 84.2 Å². The van der Waals surface area contributed by atoms with Gasteiger partial charge in [0, 0.05) is 37.6 Å². The van der Waals surface area contributed by atoms with Crippen LogP contribution in [0.15, 0.2) is 0 Å². The van der Waals surface area contributed by atoms with Gasteiger partial charge in [0.25, 0.3) is 0 Å². The van der Waals surface area contributed by atoms with E-state index in [0.29, 0.717) is 11.5 Å². The second-order valence-electron chi connectivity index (χ2n) is 11.7. The highest BCUT2D eigenvalue weighted by molar-refractivity contribution is 5.73. The number of hydrogen-bond acceptors (Lipinski definition) is 17. The number of carbonyl (C=O) groups excluding carboxylic acids is 1. The Hall–Kier alpha value is -1.37. The molecule has 0 aromatic carbocycles. The molecule has 3 rings (SSSR count). The number of nitrogens with one attached hydrogen (secondary N) is 2. The van der Waals surface area contributed by atoms with Crippen molar-refractivity contribution in [2.24, 2.45) is 34.6 Å². The molecule has 0 radical (unpaired) electrons. The minimum atomic E-state index is -1.60. The van der Waals surface area contributed by atoms with Crippen molar-refractivity contribution in [1.29, 1.82) is 0 Å². The second kappa shape index (κ2) is 17.0. The summed E-state index contributed by atoms with van der Waals surface area (Å²) in [6.07, 6.45) is -11.6. The second-order valence-corrected chi connectivity index (χ2v) is 11.7. The zero-order chi connectivity index (χ0) is 32.7. The topological polar surface area (TPSA) is 344 Å². The smallest absolute Gasteiger partial charge is 0.341 e. The standard InChI is InChI=1S/C25H52N8O11/c26-2-1-10(35)8-31-12-6-14(36)15(7-28)42-22(12)17-11(29)5-13(32-25(40)33(41)4-3-27)23(20(17)38)44-24-21(39)18(30)19(37)16(9-34)43-24/h10-24,31,34-39,41H,1-9,26-30H2,(H,32,40). The lowest BCUT2D eigenvalue weighted by Crippen LogP contribution is -2.70. The summed E-state index contributed by atoms with van der Waals surface area (Å²) in [6.45, 7) is -0.550. The first-order valence-electron chi connectivity index (χ1n) is 15.0. The minimum Gasteiger partial charge on any atom is -0.394 e. The molecule has 3 aliphatic rings. The Labute approximate surface area is 255 Å². The largest absolute Gasteiger partial charge is 0.394 e. The van der Waals surface area contributed by atoms with Crippen molar-refractivity contribution >= 4 is 6.03 Å². The van der Waals surface area contributed by atoms with Gasteiger partial charge in [0.2, 0.25) is 0 Å². The van der Waals surface area contributed by atoms with Crippen LogP contribution in [0.4, 0.5) is 4.79 Å². The number of nitrogens with zero attached hydrogens (tertiary/aromatic N) is 1. The van der Waals surface area contributed by atoms with Crippen LogP contribution in [0.2, 0.25) is 0 Å². The van der Waals surface area contributed by atoms with Crippen molar-refractivity contribution in [2.45, 2.75) is 105 Å². The van der Waals surface area contributed by atoms with E-state index in [1.807, 2.05) is 0 Å². The molecule has 15 unspecified atom stereocenters. The fourth-order valence-corrected chi connectivity index (χ4v) is 6.18. The zero-order valence-electron chi connectivity index (χ0n) is 24.6. The number of hydrogen-bond donors (Lipinski definition) is 14. The number of ether oxygens (including phenoxy) is 3. The van der Waals surface area contributed by atoms with Gasteiger partial charge in [0.05, 0.1) is 55.8 Å². The number of amides is 2. The Morgan fingerprint density at radius 3 is 2.30 bits per heavy atom. The van der Waals surface area contributed by atoms with Crippen LogP contribution in [0.25, 0.3) is 0 Å². The van der Waals surface area contributed by atoms with Crippen molar-refractivity contribution in [3.63, 3.8) is 0 Å². The Morgan fingerprint density at radius 2 is 1.68 bits per heavy atom. The zero-order valence-corrected chi connectivity index (χ0v) is 24.6. The minimum absolute atomic E-state index is 0.0201. The lowest BCUT2D eigenvalue weighted by molar-refractivity contribution is -0.306. The summed E-state index contributed by atoms with van der Waals surface area (Å²) in [6, 6.07) is -4.75. The summed E-state index contributed by atoms with van der Waals surface area (Å²) >= 11 is 0. The summed E-state index contributed by atoms with van der Waals surface area (Å²) < 4.78 is 17.8. The summed E-state index contributed by atoms with van der Waals surface area (Å²) in [4.78, 5) is 12.7. The Balaban J connectivity index is 1.92. The number of nitrogens with two attached hydrogens (primary N) is 5. The van der Waals surface area contributed by atoms with Gasteiger partial charge in [-0.3, -0.25) is 5.21 Å². The molecule has 0 bridgehead atoms. The molecule has 0 aromatic heterocycles. The van der Waals surface area contributed by atoms with E-state index in [2.05, 4.69) is 10.6 Å². The molecule has 19 heteroatoms. The van der Waals surface area contributed by atoms with Crippen molar-refractivity contribution in [3.05, 3.63) is 0 Å². The van der Waals surface area contributed by atoms with Crippen LogP contribution in [-0.2, 0) is 14.2 Å². The van der Waals surface area contributed by atoms with E-state index >= 15 is 0 Å². The fraction of sp³-hybridized carbons (Fsp3) is 0.960. The van der Waals surface area contributed by atoms with Gasteiger partial charge in [0.1, 0.15) is 24.4 Å². The molecule has 1 aliphatic carbocycles. The SMILES string of the molecule is NCCC(O)CNC1CC(O)C(CN)OC1C1C(N)CC(NC(=O)N(O)CCN)C(OC2OC(CO)C(O)C(N)C2O)C1O. The average Bonchev–Trinajstić information content (AvgIpc) is 2.98. The molecule has 44 heavy (non-hydrogen) atoms. The Kier molecular flexibility index (Phi) is 14.3. The Morgan fingerprint density at radius 1 is 0.977 bits per heavy atom. The highest BCUT2D eigenvalue weighted by atomic mass is 16.7. The maximum Gasteiger partial charge on any atom is 0.341 e. The van der Waals surface area contributed by atoms with Crippen molar-refractivity contribution < 1.29 is 54.9 Å². The molecule has 15 atom stereocenters. The molecule has 258 valence electrons. The molecule has 2 amide bonds. The summed E-state index contributed by atoms with van der Waals surface area (Å²) in [5.74, 6) is -0.915. The van der Waals surface area contributed by atoms with Gasteiger partial charge in [-0.05, 0) is 25.8 Å². The monoisotopic (exact) mass is 640 g/mol. The van der Waals surface area contributed by atoms with E-state index in [1.54, 1.807) is 0 Å². The third kappa shape index (κ3) is 8.70. The molecule has 2 aliphatic heterocycles. The molecule has 1 saturated carbocycles. The third-order valence-corrected chi connectivity index (χ3v) is 8.64. The highest BCUT2D eigenvalue weighted by Gasteiger charge is 2.54. The van der Waals surface area contributed by atoms with Crippen LogP contribution < -0.4 is 39.3 Å². The lowest BCUT2D eigenvalue weighted by Gasteiger charge is -2.52.